The van der Waals surface area contributed by atoms with Crippen LogP contribution in [0.15, 0.2) is 18.2 Å². The zero-order valence-corrected chi connectivity index (χ0v) is 9.91. The lowest BCUT2D eigenvalue weighted by Gasteiger charge is -2.25. The van der Waals surface area contributed by atoms with Gasteiger partial charge < -0.3 is 4.90 Å². The van der Waals surface area contributed by atoms with Gasteiger partial charge in [0, 0.05) is 31.8 Å². The number of fused-ring (bicyclic) bond motifs is 1. The number of nitrogens with one attached hydrogen (secondary N) is 2. The van der Waals surface area contributed by atoms with Crippen LogP contribution in [-0.4, -0.2) is 25.9 Å². The van der Waals surface area contributed by atoms with Crippen molar-refractivity contribution in [3.63, 3.8) is 0 Å². The van der Waals surface area contributed by atoms with Gasteiger partial charge in [-0.05, 0) is 30.2 Å². The molecule has 0 spiro atoms. The first-order chi connectivity index (χ1) is 8.13. The molecule has 5 heteroatoms. The van der Waals surface area contributed by atoms with Crippen LogP contribution in [0.1, 0.15) is 22.3 Å². The molecule has 2 rings (SSSR count). The Balaban J connectivity index is 2.32. The van der Waals surface area contributed by atoms with E-state index in [1.165, 1.54) is 0 Å². The number of hydrogen-bond donors (Lipinski definition) is 2. The van der Waals surface area contributed by atoms with Crippen molar-refractivity contribution in [3.05, 3.63) is 29.3 Å². The van der Waals surface area contributed by atoms with Crippen LogP contribution < -0.4 is 15.8 Å². The first-order valence-electron chi connectivity index (χ1n) is 5.50. The number of nitrogens with zero attached hydrogens (tertiary/aromatic N) is 1. The fourth-order valence-corrected chi connectivity index (χ4v) is 1.98. The summed E-state index contributed by atoms with van der Waals surface area (Å²) < 4.78 is 0. The van der Waals surface area contributed by atoms with E-state index in [9.17, 15) is 9.59 Å². The number of carbonyl (C=O) groups excluding carboxylic acids is 2. The van der Waals surface area contributed by atoms with E-state index in [-0.39, 0.29) is 11.8 Å². The van der Waals surface area contributed by atoms with Gasteiger partial charge in [-0.25, -0.2) is 5.43 Å². The Hall–Kier alpha value is -1.88. The molecule has 0 atom stereocenters. The number of carbonyl (C=O) groups is 2. The fraction of sp³-hybridized carbons (Fsp3) is 0.333. The molecule has 17 heavy (non-hydrogen) atoms. The maximum atomic E-state index is 11.6. The molecule has 5 nitrogen and oxygen atoms in total. The second-order valence-corrected chi connectivity index (χ2v) is 4.00. The van der Waals surface area contributed by atoms with E-state index in [2.05, 4.69) is 10.9 Å². The largest absolute Gasteiger partial charge is 0.315 e. The first kappa shape index (κ1) is 11.6. The SMILES string of the molecule is CNNC(=O)c1ccc2c(c1)CCC(=O)N2C. The molecule has 0 radical (unpaired) electrons. The minimum absolute atomic E-state index is 0.116. The van der Waals surface area contributed by atoms with Crippen molar-refractivity contribution >= 4 is 17.5 Å². The lowest BCUT2D eigenvalue weighted by Crippen LogP contribution is -2.35. The number of rotatable bonds is 2. The van der Waals surface area contributed by atoms with Gasteiger partial charge in [-0.2, -0.15) is 0 Å². The second kappa shape index (κ2) is 4.55. The molecule has 0 saturated heterocycles. The number of amides is 2. The van der Waals surface area contributed by atoms with Crippen molar-refractivity contribution in [2.24, 2.45) is 0 Å². The van der Waals surface area contributed by atoms with Crippen LogP contribution in [0.4, 0.5) is 5.69 Å². The lowest BCUT2D eigenvalue weighted by atomic mass is 9.99. The number of benzene rings is 1. The van der Waals surface area contributed by atoms with Crippen LogP contribution in [0, 0.1) is 0 Å². The van der Waals surface area contributed by atoms with Gasteiger partial charge in [0.2, 0.25) is 5.91 Å². The van der Waals surface area contributed by atoms with E-state index < -0.39 is 0 Å². The van der Waals surface area contributed by atoms with Crippen LogP contribution >= 0.6 is 0 Å². The Bertz CT molecular complexity index is 471. The zero-order valence-electron chi connectivity index (χ0n) is 9.91. The smallest absolute Gasteiger partial charge is 0.265 e. The van der Waals surface area contributed by atoms with Crippen molar-refractivity contribution in [3.8, 4) is 0 Å². The Morgan fingerprint density at radius 2 is 2.12 bits per heavy atom. The number of aryl methyl sites for hydroxylation is 1. The molecule has 0 saturated carbocycles. The normalized spacial score (nSPS) is 14.5. The van der Waals surface area contributed by atoms with Crippen LogP contribution in [-0.2, 0) is 11.2 Å². The predicted molar refractivity (Wildman–Crippen MR) is 64.7 cm³/mol. The van der Waals surface area contributed by atoms with Gasteiger partial charge in [-0.1, -0.05) is 0 Å². The molecule has 1 aliphatic heterocycles. The maximum Gasteiger partial charge on any atom is 0.265 e. The first-order valence-corrected chi connectivity index (χ1v) is 5.50. The summed E-state index contributed by atoms with van der Waals surface area (Å²) in [6.07, 6.45) is 1.19. The Labute approximate surface area is 99.8 Å². The van der Waals surface area contributed by atoms with Gasteiger partial charge in [0.1, 0.15) is 0 Å². The Kier molecular flexibility index (Phi) is 3.10. The maximum absolute atomic E-state index is 11.6. The van der Waals surface area contributed by atoms with Crippen molar-refractivity contribution in [1.82, 2.24) is 10.9 Å². The summed E-state index contributed by atoms with van der Waals surface area (Å²) in [4.78, 5) is 24.8. The average Bonchev–Trinajstić information content (AvgIpc) is 2.34. The third-order valence-electron chi connectivity index (χ3n) is 2.92. The van der Waals surface area contributed by atoms with Crippen molar-refractivity contribution < 1.29 is 9.59 Å². The molecule has 2 amide bonds. The highest BCUT2D eigenvalue weighted by molar-refractivity contribution is 5.98. The minimum Gasteiger partial charge on any atom is -0.315 e. The molecule has 0 bridgehead atoms. The van der Waals surface area contributed by atoms with Crippen LogP contribution in [0.3, 0.4) is 0 Å². The molecule has 90 valence electrons. The highest BCUT2D eigenvalue weighted by Crippen LogP contribution is 2.27. The molecular weight excluding hydrogens is 218 g/mol. The summed E-state index contributed by atoms with van der Waals surface area (Å²) >= 11 is 0. The monoisotopic (exact) mass is 233 g/mol. The second-order valence-electron chi connectivity index (χ2n) is 4.00. The summed E-state index contributed by atoms with van der Waals surface area (Å²) in [5.41, 5.74) is 7.64. The molecule has 1 aromatic rings. The van der Waals surface area contributed by atoms with Gasteiger partial charge in [0.15, 0.2) is 0 Å². The summed E-state index contributed by atoms with van der Waals surface area (Å²) in [5, 5.41) is 0. The molecule has 1 heterocycles. The van der Waals surface area contributed by atoms with Gasteiger partial charge in [0.05, 0.1) is 0 Å². The predicted octanol–water partition coefficient (Wildman–Crippen LogP) is 0.460. The van der Waals surface area contributed by atoms with Crippen LogP contribution in [0.5, 0.6) is 0 Å². The Morgan fingerprint density at radius 3 is 2.82 bits per heavy atom. The highest BCUT2D eigenvalue weighted by atomic mass is 16.2. The third-order valence-corrected chi connectivity index (χ3v) is 2.92. The van der Waals surface area contributed by atoms with Crippen LogP contribution in [0.2, 0.25) is 0 Å². The lowest BCUT2D eigenvalue weighted by molar-refractivity contribution is -0.118. The van der Waals surface area contributed by atoms with Crippen LogP contribution in [0.25, 0.3) is 0 Å². The minimum atomic E-state index is -0.171. The van der Waals surface area contributed by atoms with E-state index in [4.69, 9.17) is 0 Å². The van der Waals surface area contributed by atoms with E-state index >= 15 is 0 Å². The van der Waals surface area contributed by atoms with Gasteiger partial charge in [-0.3, -0.25) is 15.0 Å². The third kappa shape index (κ3) is 2.14. The molecule has 1 aliphatic rings. The zero-order chi connectivity index (χ0) is 12.4. The number of anilines is 1. The fourth-order valence-electron chi connectivity index (χ4n) is 1.98. The van der Waals surface area contributed by atoms with Gasteiger partial charge in [-0.15, -0.1) is 0 Å². The standard InChI is InChI=1S/C12H15N3O2/c1-13-14-12(17)9-3-5-10-8(7-9)4-6-11(16)15(10)2/h3,5,7,13H,4,6H2,1-2H3,(H,14,17). The summed E-state index contributed by atoms with van der Waals surface area (Å²) in [6.45, 7) is 0. The molecular formula is C12H15N3O2. The molecule has 1 aromatic carbocycles. The molecule has 0 unspecified atom stereocenters. The van der Waals surface area contributed by atoms with Gasteiger partial charge in [0.25, 0.3) is 5.91 Å². The quantitative estimate of drug-likeness (QED) is 0.729. The molecule has 0 fully saturated rings. The average molecular weight is 233 g/mol. The van der Waals surface area contributed by atoms with E-state index in [0.29, 0.717) is 18.4 Å². The van der Waals surface area contributed by atoms with Gasteiger partial charge >= 0.3 is 0 Å². The van der Waals surface area contributed by atoms with E-state index in [1.54, 1.807) is 25.1 Å². The van der Waals surface area contributed by atoms with E-state index in [1.807, 2.05) is 12.1 Å². The molecule has 2 N–H and O–H groups in total. The Morgan fingerprint density at radius 1 is 1.35 bits per heavy atom. The summed E-state index contributed by atoms with van der Waals surface area (Å²) in [5.74, 6) is -0.0558. The number of hydrazine groups is 1. The van der Waals surface area contributed by atoms with Crippen molar-refractivity contribution in [2.75, 3.05) is 19.0 Å². The van der Waals surface area contributed by atoms with Crippen molar-refractivity contribution in [1.29, 1.82) is 0 Å². The molecule has 0 aromatic heterocycles. The van der Waals surface area contributed by atoms with Crippen molar-refractivity contribution in [2.45, 2.75) is 12.8 Å². The van der Waals surface area contributed by atoms with E-state index in [0.717, 1.165) is 11.3 Å². The summed E-state index contributed by atoms with van der Waals surface area (Å²) in [6, 6.07) is 5.38. The summed E-state index contributed by atoms with van der Waals surface area (Å²) in [7, 11) is 3.40. The number of hydrogen-bond acceptors (Lipinski definition) is 3. The molecule has 0 aliphatic carbocycles. The highest BCUT2D eigenvalue weighted by Gasteiger charge is 2.21. The topological polar surface area (TPSA) is 61.4 Å².